The van der Waals surface area contributed by atoms with E-state index in [1.165, 1.54) is 29.8 Å². The van der Waals surface area contributed by atoms with Crippen LogP contribution in [0, 0.1) is 5.82 Å². The molecule has 1 aromatic carbocycles. The average molecular weight is 347 g/mol. The SMILES string of the molecule is CN1CCN([C@@H](CNC(=O)c2ccc(F)cc2)c2ccsc2)CC1. The standard InChI is InChI=1S/C18H22FN3OS/c1-21-7-9-22(10-8-21)17(15-6-11-24-13-15)12-20-18(23)14-2-4-16(19)5-3-14/h2-6,11,13,17H,7-10,12H2,1H3,(H,20,23)/t17-/m0/s1. The van der Waals surface area contributed by atoms with Crippen LogP contribution >= 0.6 is 11.3 Å². The normalized spacial score (nSPS) is 17.6. The van der Waals surface area contributed by atoms with E-state index < -0.39 is 0 Å². The van der Waals surface area contributed by atoms with Crippen molar-refractivity contribution in [3.05, 3.63) is 58.0 Å². The Labute approximate surface area is 145 Å². The monoisotopic (exact) mass is 347 g/mol. The number of piperazine rings is 1. The van der Waals surface area contributed by atoms with Crippen molar-refractivity contribution in [2.24, 2.45) is 0 Å². The third-order valence-electron chi connectivity index (χ3n) is 4.47. The van der Waals surface area contributed by atoms with E-state index in [9.17, 15) is 9.18 Å². The molecule has 128 valence electrons. The lowest BCUT2D eigenvalue weighted by Crippen LogP contribution is -2.48. The van der Waals surface area contributed by atoms with Crippen molar-refractivity contribution in [3.8, 4) is 0 Å². The fraction of sp³-hybridized carbons (Fsp3) is 0.389. The minimum atomic E-state index is -0.333. The molecule has 6 heteroatoms. The maximum Gasteiger partial charge on any atom is 0.251 e. The second-order valence-electron chi connectivity index (χ2n) is 6.13. The van der Waals surface area contributed by atoms with Gasteiger partial charge < -0.3 is 10.2 Å². The Morgan fingerprint density at radius 3 is 2.54 bits per heavy atom. The molecule has 0 unspecified atom stereocenters. The predicted molar refractivity (Wildman–Crippen MR) is 94.9 cm³/mol. The Hall–Kier alpha value is -1.76. The van der Waals surface area contributed by atoms with Crippen molar-refractivity contribution in [2.45, 2.75) is 6.04 Å². The molecule has 1 fully saturated rings. The predicted octanol–water partition coefficient (Wildman–Crippen LogP) is 2.61. The van der Waals surface area contributed by atoms with Gasteiger partial charge in [-0.05, 0) is 53.7 Å². The van der Waals surface area contributed by atoms with Crippen molar-refractivity contribution in [1.29, 1.82) is 0 Å². The van der Waals surface area contributed by atoms with E-state index in [1.807, 2.05) is 0 Å². The summed E-state index contributed by atoms with van der Waals surface area (Å²) in [6, 6.07) is 7.95. The van der Waals surface area contributed by atoms with Crippen LogP contribution in [-0.4, -0.2) is 55.5 Å². The van der Waals surface area contributed by atoms with Crippen LogP contribution in [0.2, 0.25) is 0 Å². The number of amides is 1. The van der Waals surface area contributed by atoms with Gasteiger partial charge in [-0.25, -0.2) is 4.39 Å². The van der Waals surface area contributed by atoms with Crippen molar-refractivity contribution in [2.75, 3.05) is 39.8 Å². The first-order valence-corrected chi connectivity index (χ1v) is 9.06. The molecular weight excluding hydrogens is 325 g/mol. The Bertz CT molecular complexity index is 651. The van der Waals surface area contributed by atoms with Gasteiger partial charge in [0.05, 0.1) is 6.04 Å². The summed E-state index contributed by atoms with van der Waals surface area (Å²) in [7, 11) is 2.13. The van der Waals surface area contributed by atoms with Gasteiger partial charge in [0, 0.05) is 38.3 Å². The summed E-state index contributed by atoms with van der Waals surface area (Å²) in [6.07, 6.45) is 0. The van der Waals surface area contributed by atoms with Gasteiger partial charge >= 0.3 is 0 Å². The lowest BCUT2D eigenvalue weighted by Gasteiger charge is -2.38. The number of carbonyl (C=O) groups excluding carboxylic acids is 1. The maximum atomic E-state index is 13.0. The second-order valence-corrected chi connectivity index (χ2v) is 6.91. The Morgan fingerprint density at radius 2 is 1.92 bits per heavy atom. The number of carbonyl (C=O) groups is 1. The van der Waals surface area contributed by atoms with Gasteiger partial charge in [-0.2, -0.15) is 11.3 Å². The molecule has 24 heavy (non-hydrogen) atoms. The van der Waals surface area contributed by atoms with E-state index in [2.05, 4.69) is 39.0 Å². The minimum Gasteiger partial charge on any atom is -0.350 e. The molecule has 1 saturated heterocycles. The van der Waals surface area contributed by atoms with Crippen LogP contribution in [0.4, 0.5) is 4.39 Å². The summed E-state index contributed by atoms with van der Waals surface area (Å²) in [5.74, 6) is -0.496. The molecule has 1 aliphatic heterocycles. The maximum absolute atomic E-state index is 13.0. The van der Waals surface area contributed by atoms with E-state index in [0.29, 0.717) is 12.1 Å². The van der Waals surface area contributed by atoms with Gasteiger partial charge in [-0.1, -0.05) is 0 Å². The largest absolute Gasteiger partial charge is 0.350 e. The van der Waals surface area contributed by atoms with E-state index in [-0.39, 0.29) is 17.8 Å². The van der Waals surface area contributed by atoms with E-state index in [1.54, 1.807) is 11.3 Å². The molecule has 0 saturated carbocycles. The zero-order valence-corrected chi connectivity index (χ0v) is 14.6. The highest BCUT2D eigenvalue weighted by Crippen LogP contribution is 2.23. The molecule has 0 spiro atoms. The highest BCUT2D eigenvalue weighted by molar-refractivity contribution is 7.07. The van der Waals surface area contributed by atoms with Gasteiger partial charge in [0.1, 0.15) is 5.82 Å². The van der Waals surface area contributed by atoms with E-state index in [4.69, 9.17) is 0 Å². The number of hydrogen-bond donors (Lipinski definition) is 1. The fourth-order valence-corrected chi connectivity index (χ4v) is 3.66. The van der Waals surface area contributed by atoms with Crippen molar-refractivity contribution in [3.63, 3.8) is 0 Å². The molecule has 1 amide bonds. The number of thiophene rings is 1. The third kappa shape index (κ3) is 4.20. The van der Waals surface area contributed by atoms with Gasteiger partial charge in [0.15, 0.2) is 0 Å². The molecule has 1 N–H and O–H groups in total. The topological polar surface area (TPSA) is 35.6 Å². The number of benzene rings is 1. The number of nitrogens with zero attached hydrogens (tertiary/aromatic N) is 2. The van der Waals surface area contributed by atoms with Crippen molar-refractivity contribution < 1.29 is 9.18 Å². The number of likely N-dealkylation sites (N-methyl/N-ethyl adjacent to an activating group) is 1. The number of nitrogens with one attached hydrogen (secondary N) is 1. The third-order valence-corrected chi connectivity index (χ3v) is 5.17. The molecular formula is C18H22FN3OS. The Morgan fingerprint density at radius 1 is 1.21 bits per heavy atom. The van der Waals surface area contributed by atoms with Gasteiger partial charge in [-0.3, -0.25) is 9.69 Å². The summed E-state index contributed by atoms with van der Waals surface area (Å²) in [5.41, 5.74) is 1.72. The summed E-state index contributed by atoms with van der Waals surface area (Å²) in [4.78, 5) is 17.0. The summed E-state index contributed by atoms with van der Waals surface area (Å²) >= 11 is 1.67. The summed E-state index contributed by atoms with van der Waals surface area (Å²) in [5, 5.41) is 7.22. The number of rotatable bonds is 5. The molecule has 1 atom stereocenters. The molecule has 0 radical (unpaired) electrons. The van der Waals surface area contributed by atoms with Crippen LogP contribution in [0.3, 0.4) is 0 Å². The second kappa shape index (κ2) is 7.88. The fourth-order valence-electron chi connectivity index (χ4n) is 2.95. The molecule has 1 aromatic heterocycles. The molecule has 4 nitrogen and oxygen atoms in total. The van der Waals surface area contributed by atoms with Crippen LogP contribution in [0.5, 0.6) is 0 Å². The van der Waals surface area contributed by atoms with Crippen LogP contribution in [0.1, 0.15) is 22.0 Å². The lowest BCUT2D eigenvalue weighted by molar-refractivity contribution is 0.0886. The zero-order chi connectivity index (χ0) is 16.9. The first-order valence-electron chi connectivity index (χ1n) is 8.12. The Balaban J connectivity index is 1.66. The highest BCUT2D eigenvalue weighted by Gasteiger charge is 2.24. The van der Waals surface area contributed by atoms with Crippen molar-refractivity contribution >= 4 is 17.2 Å². The van der Waals surface area contributed by atoms with Gasteiger partial charge in [0.2, 0.25) is 0 Å². The van der Waals surface area contributed by atoms with E-state index >= 15 is 0 Å². The zero-order valence-electron chi connectivity index (χ0n) is 13.7. The summed E-state index contributed by atoms with van der Waals surface area (Å²) in [6.45, 7) is 4.60. The summed E-state index contributed by atoms with van der Waals surface area (Å²) < 4.78 is 13.0. The highest BCUT2D eigenvalue weighted by atomic mass is 32.1. The van der Waals surface area contributed by atoms with Crippen LogP contribution < -0.4 is 5.32 Å². The smallest absolute Gasteiger partial charge is 0.251 e. The van der Waals surface area contributed by atoms with Crippen LogP contribution in [-0.2, 0) is 0 Å². The molecule has 0 bridgehead atoms. The van der Waals surface area contributed by atoms with Crippen LogP contribution in [0.25, 0.3) is 0 Å². The average Bonchev–Trinajstić information content (AvgIpc) is 3.11. The molecule has 1 aliphatic rings. The number of hydrogen-bond acceptors (Lipinski definition) is 4. The van der Waals surface area contributed by atoms with Gasteiger partial charge in [0.25, 0.3) is 5.91 Å². The first kappa shape index (κ1) is 17.1. The van der Waals surface area contributed by atoms with E-state index in [0.717, 1.165) is 26.2 Å². The molecule has 2 heterocycles. The minimum absolute atomic E-state index is 0.163. The quantitative estimate of drug-likeness (QED) is 0.903. The number of halogens is 1. The first-order chi connectivity index (χ1) is 11.6. The molecule has 0 aliphatic carbocycles. The Kier molecular flexibility index (Phi) is 5.60. The van der Waals surface area contributed by atoms with Gasteiger partial charge in [-0.15, -0.1) is 0 Å². The van der Waals surface area contributed by atoms with Crippen molar-refractivity contribution in [1.82, 2.24) is 15.1 Å². The van der Waals surface area contributed by atoms with Crippen LogP contribution in [0.15, 0.2) is 41.1 Å². The molecule has 2 aromatic rings. The lowest BCUT2D eigenvalue weighted by atomic mass is 10.1. The molecule has 3 rings (SSSR count).